The van der Waals surface area contributed by atoms with Gasteiger partial charge in [0, 0.05) is 12.7 Å². The first-order valence-electron chi connectivity index (χ1n) is 7.05. The normalized spacial score (nSPS) is 10.8. The molecule has 0 atom stereocenters. The maximum atomic E-state index is 11.7. The second kappa shape index (κ2) is 7.65. The zero-order chi connectivity index (χ0) is 16.7. The number of hydrogen-bond acceptors (Lipinski definition) is 5. The molecule has 5 nitrogen and oxygen atoms in total. The van der Waals surface area contributed by atoms with Crippen LogP contribution in [0.3, 0.4) is 0 Å². The van der Waals surface area contributed by atoms with Crippen molar-refractivity contribution in [2.45, 2.75) is 11.3 Å². The molecule has 0 aromatic heterocycles. The van der Waals surface area contributed by atoms with E-state index in [9.17, 15) is 8.42 Å². The van der Waals surface area contributed by atoms with E-state index in [4.69, 9.17) is 14.7 Å². The first-order valence-corrected chi connectivity index (χ1v) is 8.95. The number of rotatable bonds is 7. The zero-order valence-electron chi connectivity index (χ0n) is 12.7. The lowest BCUT2D eigenvalue weighted by Crippen LogP contribution is -2.07. The van der Waals surface area contributed by atoms with Gasteiger partial charge < -0.3 is 9.47 Å². The monoisotopic (exact) mass is 331 g/mol. The van der Waals surface area contributed by atoms with E-state index in [0.717, 1.165) is 6.26 Å². The van der Waals surface area contributed by atoms with Gasteiger partial charge in [-0.15, -0.1) is 0 Å². The molecule has 0 saturated carbocycles. The Bertz CT molecular complexity index is 792. The van der Waals surface area contributed by atoms with E-state index >= 15 is 0 Å². The van der Waals surface area contributed by atoms with Crippen molar-refractivity contribution in [3.8, 4) is 17.6 Å². The lowest BCUT2D eigenvalue weighted by Gasteiger charge is -2.10. The number of sulfone groups is 1. The third-order valence-corrected chi connectivity index (χ3v) is 4.18. The molecule has 0 saturated heterocycles. The van der Waals surface area contributed by atoms with Gasteiger partial charge in [-0.2, -0.15) is 5.26 Å². The summed E-state index contributed by atoms with van der Waals surface area (Å²) in [4.78, 5) is 0.188. The number of para-hydroxylation sites is 1. The van der Waals surface area contributed by atoms with Crippen LogP contribution in [0.5, 0.6) is 11.5 Å². The van der Waals surface area contributed by atoms with Gasteiger partial charge in [-0.1, -0.05) is 12.1 Å². The SMILES string of the molecule is CS(=O)(=O)c1ccccc1OCCCOc1ccc(C#N)cc1. The summed E-state index contributed by atoms with van der Waals surface area (Å²) >= 11 is 0. The minimum absolute atomic E-state index is 0.188. The molecule has 23 heavy (non-hydrogen) atoms. The molecule has 0 N–H and O–H groups in total. The fourth-order valence-corrected chi connectivity index (χ4v) is 2.75. The Labute approximate surface area is 136 Å². The minimum atomic E-state index is -3.31. The molecule has 0 unspecified atom stereocenters. The smallest absolute Gasteiger partial charge is 0.179 e. The highest BCUT2D eigenvalue weighted by Crippen LogP contribution is 2.23. The molecule has 120 valence electrons. The van der Waals surface area contributed by atoms with Crippen molar-refractivity contribution >= 4 is 9.84 Å². The fourth-order valence-electron chi connectivity index (χ4n) is 1.93. The summed E-state index contributed by atoms with van der Waals surface area (Å²) in [5, 5.41) is 8.71. The van der Waals surface area contributed by atoms with Crippen LogP contribution in [-0.2, 0) is 9.84 Å². The van der Waals surface area contributed by atoms with Gasteiger partial charge in [0.25, 0.3) is 0 Å². The van der Waals surface area contributed by atoms with E-state index < -0.39 is 9.84 Å². The Morgan fingerprint density at radius 2 is 1.65 bits per heavy atom. The molecule has 0 spiro atoms. The van der Waals surface area contributed by atoms with Crippen molar-refractivity contribution in [3.63, 3.8) is 0 Å². The van der Waals surface area contributed by atoms with Crippen molar-refractivity contribution < 1.29 is 17.9 Å². The largest absolute Gasteiger partial charge is 0.493 e. The highest BCUT2D eigenvalue weighted by molar-refractivity contribution is 7.90. The van der Waals surface area contributed by atoms with E-state index in [0.29, 0.717) is 36.7 Å². The van der Waals surface area contributed by atoms with Gasteiger partial charge in [-0.3, -0.25) is 0 Å². The standard InChI is InChI=1S/C17H17NO4S/c1-23(19,20)17-6-3-2-5-16(17)22-12-4-11-21-15-9-7-14(13-18)8-10-15/h2-3,5-10H,4,11-12H2,1H3. The average Bonchev–Trinajstić information content (AvgIpc) is 2.54. The molecular formula is C17H17NO4S. The Hall–Kier alpha value is -2.52. The average molecular weight is 331 g/mol. The second-order valence-corrected chi connectivity index (χ2v) is 6.89. The van der Waals surface area contributed by atoms with E-state index in [1.807, 2.05) is 6.07 Å². The Morgan fingerprint density at radius 1 is 1.00 bits per heavy atom. The van der Waals surface area contributed by atoms with E-state index in [-0.39, 0.29) is 4.90 Å². The minimum Gasteiger partial charge on any atom is -0.493 e. The van der Waals surface area contributed by atoms with Crippen LogP contribution in [0, 0.1) is 11.3 Å². The van der Waals surface area contributed by atoms with E-state index in [1.54, 1.807) is 42.5 Å². The predicted octanol–water partition coefficient (Wildman–Crippen LogP) is 2.81. The molecule has 0 bridgehead atoms. The van der Waals surface area contributed by atoms with Crippen LogP contribution in [0.1, 0.15) is 12.0 Å². The number of ether oxygens (including phenoxy) is 2. The lowest BCUT2D eigenvalue weighted by atomic mass is 10.2. The zero-order valence-corrected chi connectivity index (χ0v) is 13.5. The molecule has 2 aromatic rings. The van der Waals surface area contributed by atoms with Crippen LogP contribution >= 0.6 is 0 Å². The van der Waals surface area contributed by atoms with Crippen molar-refractivity contribution in [2.24, 2.45) is 0 Å². The summed E-state index contributed by atoms with van der Waals surface area (Å²) in [7, 11) is -3.31. The Morgan fingerprint density at radius 3 is 2.30 bits per heavy atom. The summed E-state index contributed by atoms with van der Waals surface area (Å²) in [5.74, 6) is 1.04. The number of hydrogen-bond donors (Lipinski definition) is 0. The van der Waals surface area contributed by atoms with Gasteiger partial charge in [0.15, 0.2) is 9.84 Å². The van der Waals surface area contributed by atoms with E-state index in [2.05, 4.69) is 0 Å². The van der Waals surface area contributed by atoms with Gasteiger partial charge in [-0.25, -0.2) is 8.42 Å². The summed E-state index contributed by atoms with van der Waals surface area (Å²) in [6.45, 7) is 0.787. The molecule has 0 radical (unpaired) electrons. The van der Waals surface area contributed by atoms with Gasteiger partial charge in [0.1, 0.15) is 16.4 Å². The summed E-state index contributed by atoms with van der Waals surface area (Å²) in [5.41, 5.74) is 0.582. The van der Waals surface area contributed by atoms with Gasteiger partial charge in [0.05, 0.1) is 24.8 Å². The Balaban J connectivity index is 1.81. The third kappa shape index (κ3) is 5.01. The third-order valence-electron chi connectivity index (χ3n) is 3.05. The summed E-state index contributed by atoms with van der Waals surface area (Å²) in [6, 6.07) is 15.4. The first-order chi connectivity index (χ1) is 11.0. The van der Waals surface area contributed by atoms with Gasteiger partial charge in [-0.05, 0) is 36.4 Å². The van der Waals surface area contributed by atoms with Crippen LogP contribution in [0.15, 0.2) is 53.4 Å². The van der Waals surface area contributed by atoms with Crippen LogP contribution in [0.25, 0.3) is 0 Å². The molecule has 0 heterocycles. The topological polar surface area (TPSA) is 76.4 Å². The van der Waals surface area contributed by atoms with Crippen LogP contribution < -0.4 is 9.47 Å². The maximum absolute atomic E-state index is 11.7. The van der Waals surface area contributed by atoms with Crippen molar-refractivity contribution in [1.82, 2.24) is 0 Å². The molecule has 0 aliphatic heterocycles. The highest BCUT2D eigenvalue weighted by atomic mass is 32.2. The second-order valence-electron chi connectivity index (χ2n) is 4.91. The fraction of sp³-hybridized carbons (Fsp3) is 0.235. The van der Waals surface area contributed by atoms with Crippen LogP contribution in [0.2, 0.25) is 0 Å². The molecule has 0 aliphatic rings. The van der Waals surface area contributed by atoms with Gasteiger partial charge in [0.2, 0.25) is 0 Å². The van der Waals surface area contributed by atoms with E-state index in [1.165, 1.54) is 6.07 Å². The van der Waals surface area contributed by atoms with Crippen molar-refractivity contribution in [3.05, 3.63) is 54.1 Å². The molecule has 0 fully saturated rings. The molecule has 0 aliphatic carbocycles. The lowest BCUT2D eigenvalue weighted by molar-refractivity contribution is 0.244. The molecule has 2 aromatic carbocycles. The molecule has 6 heteroatoms. The van der Waals surface area contributed by atoms with Crippen molar-refractivity contribution in [1.29, 1.82) is 5.26 Å². The van der Waals surface area contributed by atoms with Gasteiger partial charge >= 0.3 is 0 Å². The highest BCUT2D eigenvalue weighted by Gasteiger charge is 2.13. The molecule has 0 amide bonds. The van der Waals surface area contributed by atoms with Crippen molar-refractivity contribution in [2.75, 3.05) is 19.5 Å². The number of nitriles is 1. The number of nitrogens with zero attached hydrogens (tertiary/aromatic N) is 1. The van der Waals surface area contributed by atoms with Crippen LogP contribution in [-0.4, -0.2) is 27.9 Å². The Kier molecular flexibility index (Phi) is 5.61. The van der Waals surface area contributed by atoms with Crippen LogP contribution in [0.4, 0.5) is 0 Å². The summed E-state index contributed by atoms with van der Waals surface area (Å²) in [6.07, 6.45) is 1.77. The molecule has 2 rings (SSSR count). The predicted molar refractivity (Wildman–Crippen MR) is 86.3 cm³/mol. The first kappa shape index (κ1) is 16.8. The summed E-state index contributed by atoms with van der Waals surface area (Å²) < 4.78 is 34.4. The molecular weight excluding hydrogens is 314 g/mol. The quantitative estimate of drug-likeness (QED) is 0.729. The maximum Gasteiger partial charge on any atom is 0.179 e. The number of benzene rings is 2.